The number of aromatic nitrogens is 2. The second-order valence-corrected chi connectivity index (χ2v) is 7.05. The molecule has 0 bridgehead atoms. The van der Waals surface area contributed by atoms with Gasteiger partial charge in [0.15, 0.2) is 0 Å². The molecule has 6 rings (SSSR count). The smallest absolute Gasteiger partial charge is 0.0971 e. The Hall–Kier alpha value is -3.78. The Bertz CT molecular complexity index is 1360. The molecule has 0 radical (unpaired) electrons. The van der Waals surface area contributed by atoms with Gasteiger partial charge in [-0.15, -0.1) is 0 Å². The van der Waals surface area contributed by atoms with Gasteiger partial charge in [0.2, 0.25) is 0 Å². The summed E-state index contributed by atoms with van der Waals surface area (Å²) in [5.74, 6) is 0. The quantitative estimate of drug-likeness (QED) is 0.306. The van der Waals surface area contributed by atoms with Crippen LogP contribution < -0.4 is 0 Å². The Kier molecular flexibility index (Phi) is 3.20. The molecule has 0 saturated heterocycles. The monoisotopic (exact) mass is 356 g/mol. The molecule has 0 atom stereocenters. The summed E-state index contributed by atoms with van der Waals surface area (Å²) < 4.78 is 0. The van der Waals surface area contributed by atoms with Crippen molar-refractivity contribution in [2.75, 3.05) is 0 Å². The van der Waals surface area contributed by atoms with Crippen LogP contribution in [0.25, 0.3) is 55.5 Å². The number of benzene rings is 4. The van der Waals surface area contributed by atoms with Crippen molar-refractivity contribution >= 4 is 11.0 Å². The Morgan fingerprint density at radius 1 is 0.393 bits per heavy atom. The fourth-order valence-corrected chi connectivity index (χ4v) is 4.38. The minimum atomic E-state index is 0.919. The van der Waals surface area contributed by atoms with Gasteiger partial charge >= 0.3 is 0 Å². The lowest BCUT2D eigenvalue weighted by molar-refractivity contribution is 1.29. The molecule has 2 nitrogen and oxygen atoms in total. The predicted octanol–water partition coefficient (Wildman–Crippen LogP) is 6.61. The minimum Gasteiger partial charge on any atom is -0.253 e. The van der Waals surface area contributed by atoms with E-state index in [1.165, 1.54) is 38.9 Å². The topological polar surface area (TPSA) is 25.8 Å². The van der Waals surface area contributed by atoms with E-state index in [0.717, 1.165) is 16.6 Å². The third kappa shape index (κ3) is 2.09. The lowest BCUT2D eigenvalue weighted by atomic mass is 9.80. The van der Waals surface area contributed by atoms with Crippen molar-refractivity contribution in [3.8, 4) is 44.5 Å². The van der Waals surface area contributed by atoms with Gasteiger partial charge in [-0.05, 0) is 45.0 Å². The van der Waals surface area contributed by atoms with E-state index in [9.17, 15) is 0 Å². The molecule has 5 aromatic rings. The van der Waals surface area contributed by atoms with Gasteiger partial charge in [-0.1, -0.05) is 78.9 Å². The predicted molar refractivity (Wildman–Crippen MR) is 115 cm³/mol. The molecule has 0 saturated carbocycles. The van der Waals surface area contributed by atoms with Gasteiger partial charge in [0.25, 0.3) is 0 Å². The Morgan fingerprint density at radius 2 is 0.857 bits per heavy atom. The van der Waals surface area contributed by atoms with Gasteiger partial charge in [-0.3, -0.25) is 9.97 Å². The van der Waals surface area contributed by atoms with Crippen LogP contribution in [-0.2, 0) is 0 Å². The van der Waals surface area contributed by atoms with Crippen molar-refractivity contribution in [2.45, 2.75) is 0 Å². The van der Waals surface area contributed by atoms with Gasteiger partial charge in [0, 0.05) is 18.0 Å². The minimum absolute atomic E-state index is 0.919. The van der Waals surface area contributed by atoms with Gasteiger partial charge in [0.1, 0.15) is 0 Å². The summed E-state index contributed by atoms with van der Waals surface area (Å²) in [5, 5.41) is 0. The lowest BCUT2D eigenvalue weighted by Crippen LogP contribution is -1.98. The maximum Gasteiger partial charge on any atom is 0.0971 e. The van der Waals surface area contributed by atoms with Crippen molar-refractivity contribution in [3.63, 3.8) is 0 Å². The van der Waals surface area contributed by atoms with E-state index in [0.29, 0.717) is 0 Å². The van der Waals surface area contributed by atoms with E-state index >= 15 is 0 Å². The van der Waals surface area contributed by atoms with Crippen LogP contribution >= 0.6 is 0 Å². The van der Waals surface area contributed by atoms with Crippen LogP contribution in [0.4, 0.5) is 0 Å². The van der Waals surface area contributed by atoms with Crippen LogP contribution in [0.1, 0.15) is 0 Å². The first-order valence-corrected chi connectivity index (χ1v) is 9.44. The summed E-state index contributed by atoms with van der Waals surface area (Å²) in [6.45, 7) is 0. The molecule has 2 heteroatoms. The molecular weight excluding hydrogens is 340 g/mol. The van der Waals surface area contributed by atoms with E-state index in [1.807, 2.05) is 0 Å². The molecule has 0 spiro atoms. The molecule has 0 aliphatic heterocycles. The number of hydrogen-bond donors (Lipinski definition) is 0. The Labute approximate surface area is 163 Å². The average molecular weight is 356 g/mol. The van der Waals surface area contributed by atoms with E-state index in [4.69, 9.17) is 4.98 Å². The van der Waals surface area contributed by atoms with Crippen molar-refractivity contribution in [1.82, 2.24) is 9.97 Å². The first kappa shape index (κ1) is 15.3. The van der Waals surface area contributed by atoms with Crippen LogP contribution in [0.3, 0.4) is 0 Å². The first-order valence-electron chi connectivity index (χ1n) is 9.44. The molecule has 0 fully saturated rings. The zero-order valence-corrected chi connectivity index (χ0v) is 15.1. The van der Waals surface area contributed by atoms with Gasteiger partial charge < -0.3 is 0 Å². The summed E-state index contributed by atoms with van der Waals surface area (Å²) in [5.41, 5.74) is 11.6. The van der Waals surface area contributed by atoms with Crippen molar-refractivity contribution in [3.05, 3.63) is 97.3 Å². The highest BCUT2D eigenvalue weighted by Gasteiger charge is 2.23. The van der Waals surface area contributed by atoms with Crippen molar-refractivity contribution in [2.24, 2.45) is 0 Å². The third-order valence-electron chi connectivity index (χ3n) is 5.56. The standard InChI is InChI=1S/C26H16N2/c1-2-8-18-17(7-1)19-9-3-4-11-21(19)23-13-14-24-26(28-16-15-27-24)25(23)22-12-6-5-10-20(18)22/h1-16H. The second kappa shape index (κ2) is 5.86. The molecular formula is C26H16N2. The highest BCUT2D eigenvalue weighted by atomic mass is 14.8. The molecule has 1 aliphatic carbocycles. The Balaban J connectivity index is 1.88. The molecule has 28 heavy (non-hydrogen) atoms. The molecule has 0 N–H and O–H groups in total. The van der Waals surface area contributed by atoms with Crippen LogP contribution in [0, 0.1) is 0 Å². The fraction of sp³-hybridized carbons (Fsp3) is 0. The third-order valence-corrected chi connectivity index (χ3v) is 5.56. The molecule has 4 aromatic carbocycles. The summed E-state index contributed by atoms with van der Waals surface area (Å²) in [6, 6.07) is 30.2. The molecule has 1 aliphatic rings. The molecule has 0 unspecified atom stereocenters. The summed E-state index contributed by atoms with van der Waals surface area (Å²) in [6.07, 6.45) is 3.54. The molecule has 1 heterocycles. The van der Waals surface area contributed by atoms with Crippen molar-refractivity contribution < 1.29 is 0 Å². The fourth-order valence-electron chi connectivity index (χ4n) is 4.38. The maximum atomic E-state index is 4.73. The average Bonchev–Trinajstić information content (AvgIpc) is 2.77. The van der Waals surface area contributed by atoms with Gasteiger partial charge in [0.05, 0.1) is 11.0 Å². The first-order chi connectivity index (χ1) is 13.9. The van der Waals surface area contributed by atoms with Crippen LogP contribution in [-0.4, -0.2) is 9.97 Å². The number of fused-ring (bicyclic) bond motifs is 10. The number of rotatable bonds is 0. The van der Waals surface area contributed by atoms with Crippen LogP contribution in [0.5, 0.6) is 0 Å². The van der Waals surface area contributed by atoms with Gasteiger partial charge in [-0.2, -0.15) is 0 Å². The number of nitrogens with zero attached hydrogens (tertiary/aromatic N) is 2. The molecule has 130 valence electrons. The highest BCUT2D eigenvalue weighted by Crippen LogP contribution is 2.48. The number of hydrogen-bond acceptors (Lipinski definition) is 2. The zero-order valence-electron chi connectivity index (χ0n) is 15.1. The Morgan fingerprint density at radius 3 is 1.46 bits per heavy atom. The zero-order chi connectivity index (χ0) is 18.5. The van der Waals surface area contributed by atoms with Crippen molar-refractivity contribution in [1.29, 1.82) is 0 Å². The largest absolute Gasteiger partial charge is 0.253 e. The van der Waals surface area contributed by atoms with E-state index in [-0.39, 0.29) is 0 Å². The highest BCUT2D eigenvalue weighted by molar-refractivity contribution is 6.09. The van der Waals surface area contributed by atoms with Crippen LogP contribution in [0.15, 0.2) is 97.3 Å². The summed E-state index contributed by atoms with van der Waals surface area (Å²) in [4.78, 5) is 9.29. The van der Waals surface area contributed by atoms with E-state index < -0.39 is 0 Å². The van der Waals surface area contributed by atoms with E-state index in [2.05, 4.69) is 89.9 Å². The summed E-state index contributed by atoms with van der Waals surface area (Å²) in [7, 11) is 0. The SMILES string of the molecule is c1ccc2c(c1)-c1ccccc1-c1ccc3nccnc3c1-c1ccccc1-2. The van der Waals surface area contributed by atoms with E-state index in [1.54, 1.807) is 12.4 Å². The maximum absolute atomic E-state index is 4.73. The molecule has 1 aromatic heterocycles. The van der Waals surface area contributed by atoms with Crippen LogP contribution in [0.2, 0.25) is 0 Å². The van der Waals surface area contributed by atoms with Gasteiger partial charge in [-0.25, -0.2) is 0 Å². The normalized spacial score (nSPS) is 11.6. The molecule has 0 amide bonds. The lowest BCUT2D eigenvalue weighted by Gasteiger charge is -2.23. The summed E-state index contributed by atoms with van der Waals surface area (Å²) >= 11 is 0. The second-order valence-electron chi connectivity index (χ2n) is 7.05.